The fourth-order valence-corrected chi connectivity index (χ4v) is 7.50. The van der Waals surface area contributed by atoms with Crippen molar-refractivity contribution in [3.05, 3.63) is 185 Å². The molecule has 0 fully saturated rings. The summed E-state index contributed by atoms with van der Waals surface area (Å²) in [6, 6.07) is 51.4. The third-order valence-electron chi connectivity index (χ3n) is 9.96. The summed E-state index contributed by atoms with van der Waals surface area (Å²) in [4.78, 5) is 17.1. The van der Waals surface area contributed by atoms with Gasteiger partial charge in [0.15, 0.2) is 5.82 Å². The zero-order valence-corrected chi connectivity index (χ0v) is 30.0. The molecule has 2 heterocycles. The predicted octanol–water partition coefficient (Wildman–Crippen LogP) is 8.90. The molecule has 8 rings (SSSR count). The number of aromatic carboxylic acids is 1. The van der Waals surface area contributed by atoms with Gasteiger partial charge in [-0.05, 0) is 68.8 Å². The van der Waals surface area contributed by atoms with Crippen LogP contribution in [-0.4, -0.2) is 47.4 Å². The second kappa shape index (κ2) is 14.6. The predicted molar refractivity (Wildman–Crippen MR) is 210 cm³/mol. The average molecular weight is 711 g/mol. The molecule has 9 heteroatoms. The summed E-state index contributed by atoms with van der Waals surface area (Å²) in [5.74, 6) is -0.387. The Morgan fingerprint density at radius 1 is 0.704 bits per heavy atom. The van der Waals surface area contributed by atoms with Gasteiger partial charge in [0.05, 0.1) is 29.7 Å². The van der Waals surface area contributed by atoms with Crippen LogP contribution >= 0.6 is 0 Å². The summed E-state index contributed by atoms with van der Waals surface area (Å²) in [7, 11) is 0. The van der Waals surface area contributed by atoms with Crippen molar-refractivity contribution in [2.75, 3.05) is 6.61 Å². The number of hydrogen-bond acceptors (Lipinski definition) is 6. The molecule has 0 aliphatic rings. The molecule has 0 saturated heterocycles. The van der Waals surface area contributed by atoms with Crippen molar-refractivity contribution < 1.29 is 14.6 Å². The van der Waals surface area contributed by atoms with E-state index in [-0.39, 0.29) is 5.56 Å². The van der Waals surface area contributed by atoms with E-state index < -0.39 is 11.5 Å². The molecular weight excluding hydrogens is 673 g/mol. The zero-order valence-electron chi connectivity index (χ0n) is 30.0. The van der Waals surface area contributed by atoms with Crippen molar-refractivity contribution >= 4 is 17.0 Å². The summed E-state index contributed by atoms with van der Waals surface area (Å²) >= 11 is 0. The molecule has 9 nitrogen and oxygen atoms in total. The van der Waals surface area contributed by atoms with Gasteiger partial charge in [-0.1, -0.05) is 153 Å². The molecule has 0 unspecified atom stereocenters. The van der Waals surface area contributed by atoms with E-state index in [1.807, 2.05) is 95.9 Å². The summed E-state index contributed by atoms with van der Waals surface area (Å²) in [5.41, 5.74) is 8.34. The number of benzene rings is 6. The summed E-state index contributed by atoms with van der Waals surface area (Å²) < 4.78 is 9.77. The van der Waals surface area contributed by atoms with Crippen molar-refractivity contribution in [1.82, 2.24) is 29.8 Å². The Kier molecular flexibility index (Phi) is 9.28. The number of carboxylic acid groups (broad SMARTS) is 1. The number of aromatic nitrogens is 6. The second-order valence-electron chi connectivity index (χ2n) is 13.0. The number of rotatable bonds is 12. The Morgan fingerprint density at radius 2 is 1.28 bits per heavy atom. The van der Waals surface area contributed by atoms with Crippen molar-refractivity contribution in [3.63, 3.8) is 0 Å². The molecule has 54 heavy (non-hydrogen) atoms. The van der Waals surface area contributed by atoms with Crippen LogP contribution in [0.15, 0.2) is 152 Å². The van der Waals surface area contributed by atoms with Gasteiger partial charge < -0.3 is 9.84 Å². The first-order chi connectivity index (χ1) is 26.5. The number of aryl methyl sites for hydroxylation is 1. The van der Waals surface area contributed by atoms with Crippen molar-refractivity contribution in [2.45, 2.75) is 32.4 Å². The number of hydrogen-bond donors (Lipinski definition) is 1. The number of ether oxygens (including phenoxy) is 1. The van der Waals surface area contributed by atoms with E-state index >= 15 is 0 Å². The second-order valence-corrected chi connectivity index (χ2v) is 13.0. The van der Waals surface area contributed by atoms with E-state index in [1.165, 1.54) is 0 Å². The Morgan fingerprint density at radius 3 is 1.83 bits per heavy atom. The van der Waals surface area contributed by atoms with Crippen molar-refractivity contribution in [3.8, 4) is 28.5 Å². The molecule has 0 spiro atoms. The van der Waals surface area contributed by atoms with Crippen molar-refractivity contribution in [1.29, 1.82) is 0 Å². The first kappa shape index (κ1) is 34.2. The van der Waals surface area contributed by atoms with Crippen LogP contribution < -0.4 is 4.74 Å². The highest BCUT2D eigenvalue weighted by Crippen LogP contribution is 2.43. The molecule has 0 atom stereocenters. The smallest absolute Gasteiger partial charge is 0.337 e. The Balaban J connectivity index is 1.24. The largest absolute Gasteiger partial charge is 0.478 e. The normalized spacial score (nSPS) is 11.5. The molecule has 8 aromatic rings. The van der Waals surface area contributed by atoms with Crippen LogP contribution in [0.25, 0.3) is 33.5 Å². The quantitative estimate of drug-likeness (QED) is 0.126. The number of carboxylic acids is 1. The third kappa shape index (κ3) is 5.89. The van der Waals surface area contributed by atoms with E-state index in [1.54, 1.807) is 6.07 Å². The number of nitrogens with zero attached hydrogens (tertiary/aromatic N) is 6. The van der Waals surface area contributed by atoms with E-state index in [0.717, 1.165) is 50.9 Å². The number of fused-ring (bicyclic) bond motifs is 1. The molecule has 0 bridgehead atoms. The first-order valence-electron chi connectivity index (χ1n) is 18.1. The lowest BCUT2D eigenvalue weighted by Gasteiger charge is -2.36. The summed E-state index contributed by atoms with van der Waals surface area (Å²) in [5, 5.41) is 23.9. The van der Waals surface area contributed by atoms with Gasteiger partial charge in [-0.3, -0.25) is 4.57 Å². The van der Waals surface area contributed by atoms with Crippen molar-refractivity contribution in [2.24, 2.45) is 0 Å². The van der Waals surface area contributed by atoms with E-state index in [0.29, 0.717) is 36.0 Å². The van der Waals surface area contributed by atoms with Gasteiger partial charge in [-0.25, -0.2) is 9.48 Å². The maximum Gasteiger partial charge on any atom is 0.337 e. The maximum absolute atomic E-state index is 12.3. The SMILES string of the molecule is CCOc1nc2c(CC)ccc(C(=O)O)c2n1Cc1ccc(-c2ccccc2-c2nnnn2C(c2ccccc2)(c2ccccc2)c2ccccc2)cc1. The zero-order chi connectivity index (χ0) is 37.1. The summed E-state index contributed by atoms with van der Waals surface area (Å²) in [6.45, 7) is 4.72. The molecular formula is C45H38N6O3. The highest BCUT2D eigenvalue weighted by atomic mass is 16.5. The molecule has 0 saturated carbocycles. The highest BCUT2D eigenvalue weighted by Gasteiger charge is 2.42. The van der Waals surface area contributed by atoms with Gasteiger partial charge in [0.2, 0.25) is 0 Å². The third-order valence-corrected chi connectivity index (χ3v) is 9.96. The minimum atomic E-state index is -1.00. The lowest BCUT2D eigenvalue weighted by atomic mass is 9.77. The lowest BCUT2D eigenvalue weighted by Crippen LogP contribution is -2.39. The van der Waals surface area contributed by atoms with Crippen LogP contribution in [0.5, 0.6) is 6.01 Å². The number of carbonyl (C=O) groups is 1. The standard InChI is InChI=1S/C45H38N6O3/c1-3-32-28-29-39(43(52)53)41-40(32)46-44(54-4-2)50(41)30-31-24-26-33(27-25-31)37-22-14-15-23-38(37)42-47-48-49-51(42)45(34-16-8-5-9-17-34,35-18-10-6-11-19-35)36-20-12-7-13-21-36/h5-29H,3-4,30H2,1-2H3,(H,52,53). The van der Waals surface area contributed by atoms with Crippen LogP contribution in [0.2, 0.25) is 0 Å². The molecule has 266 valence electrons. The Bertz CT molecular complexity index is 2450. The van der Waals surface area contributed by atoms with Crippen LogP contribution in [0.3, 0.4) is 0 Å². The molecule has 0 amide bonds. The monoisotopic (exact) mass is 710 g/mol. The van der Waals surface area contributed by atoms with Gasteiger partial charge in [0, 0.05) is 5.56 Å². The van der Waals surface area contributed by atoms with Gasteiger partial charge in [-0.15, -0.1) is 5.10 Å². The number of tetrazole rings is 1. The summed E-state index contributed by atoms with van der Waals surface area (Å²) in [6.07, 6.45) is 0.722. The minimum absolute atomic E-state index is 0.196. The topological polar surface area (TPSA) is 108 Å². The van der Waals surface area contributed by atoms with Gasteiger partial charge in [0.1, 0.15) is 5.54 Å². The molecule has 2 aromatic heterocycles. The van der Waals surface area contributed by atoms with Gasteiger partial charge >= 0.3 is 5.97 Å². The van der Waals surface area contributed by atoms with Crippen LogP contribution in [0, 0.1) is 0 Å². The Labute approximate surface area is 313 Å². The molecule has 6 aromatic carbocycles. The molecule has 0 aliphatic carbocycles. The van der Waals surface area contributed by atoms with E-state index in [2.05, 4.69) is 78.0 Å². The molecule has 0 aliphatic heterocycles. The van der Waals surface area contributed by atoms with Crippen LogP contribution in [0.4, 0.5) is 0 Å². The average Bonchev–Trinajstić information content (AvgIpc) is 3.85. The van der Waals surface area contributed by atoms with Crippen LogP contribution in [-0.2, 0) is 18.5 Å². The fourth-order valence-electron chi connectivity index (χ4n) is 7.50. The van der Waals surface area contributed by atoms with Gasteiger partial charge in [-0.2, -0.15) is 4.98 Å². The lowest BCUT2D eigenvalue weighted by molar-refractivity contribution is 0.0698. The van der Waals surface area contributed by atoms with E-state index in [4.69, 9.17) is 20.0 Å². The fraction of sp³-hybridized carbons (Fsp3) is 0.133. The van der Waals surface area contributed by atoms with Crippen LogP contribution in [0.1, 0.15) is 52.0 Å². The molecule has 1 N–H and O–H groups in total. The first-order valence-corrected chi connectivity index (χ1v) is 18.1. The van der Waals surface area contributed by atoms with Gasteiger partial charge in [0.25, 0.3) is 6.01 Å². The number of imidazole rings is 1. The maximum atomic E-state index is 12.3. The Hall–Kier alpha value is -6.87. The van der Waals surface area contributed by atoms with E-state index in [9.17, 15) is 9.90 Å². The molecule has 0 radical (unpaired) electrons. The highest BCUT2D eigenvalue weighted by molar-refractivity contribution is 6.02. The minimum Gasteiger partial charge on any atom is -0.478 e.